The predicted octanol–water partition coefficient (Wildman–Crippen LogP) is 26.5. The highest BCUT2D eigenvalue weighted by atomic mass is 16.6. The minimum absolute atomic E-state index is 0.262. The van der Waals surface area contributed by atoms with Crippen molar-refractivity contribution >= 4 is 128 Å². The zero-order chi connectivity index (χ0) is 103. The van der Waals surface area contributed by atoms with Crippen LogP contribution in [0.1, 0.15) is 122 Å². The summed E-state index contributed by atoms with van der Waals surface area (Å²) in [5.74, 6) is -3.17. The highest BCUT2D eigenvalue weighted by molar-refractivity contribution is 5.91. The topological polar surface area (TPSA) is 223 Å². The van der Waals surface area contributed by atoms with Gasteiger partial charge in [0.15, 0.2) is 0 Å². The van der Waals surface area contributed by atoms with Crippen LogP contribution < -0.4 is 19.6 Å². The molecule has 12 rings (SSSR count). The molecule has 0 aliphatic heterocycles. The number of carbonyl (C=O) groups excluding carboxylic acids is 8. The van der Waals surface area contributed by atoms with Crippen molar-refractivity contribution in [1.82, 2.24) is 0 Å². The highest BCUT2D eigenvalue weighted by Crippen LogP contribution is 2.41. The maximum atomic E-state index is 11.9. The van der Waals surface area contributed by atoms with Gasteiger partial charge in [-0.3, -0.25) is 0 Å². The van der Waals surface area contributed by atoms with Gasteiger partial charge in [0.2, 0.25) is 0 Å². The second-order valence-corrected chi connectivity index (χ2v) is 35.4. The summed E-state index contributed by atoms with van der Waals surface area (Å²) in [6.45, 7) is 44.5. The number of carbonyl (C=O) groups is 8. The summed E-state index contributed by atoms with van der Waals surface area (Å²) in [6.07, 6.45) is 10.5. The SMILES string of the molecule is C=C(C)C(=O)OCCc1ccc(N(c2ccc(/C=C/c3ccc(N(c4ccc(CCOC(=O)C(=C)C)cc4)c4ccc(CCOC(=O)C(=C)C)cc4)cc3)cc2)c2ccc(CCOC(=O)C(=C)C)cc2)cc1.C=C(C)C(=O)OCCc1ccc(N(c2ccc(CCOC(=O)C(=C)C)cc2)c2ccc(CCc3ccc(N(c4ccc(CCOC(=O)C(=C)C)cc4)c4ccc(CCOC(=O)C(=C)C)cc4)cc3)cc2)cc1. The number of anilines is 12. The summed E-state index contributed by atoms with van der Waals surface area (Å²) in [5, 5.41) is 0. The first-order valence-electron chi connectivity index (χ1n) is 47.9. The Hall–Kier alpha value is -16.7. The first-order chi connectivity index (χ1) is 69.3. The van der Waals surface area contributed by atoms with Crippen LogP contribution in [-0.2, 0) is 140 Å². The molecule has 0 aromatic heterocycles. The van der Waals surface area contributed by atoms with Crippen LogP contribution in [0, 0.1) is 0 Å². The molecule has 0 amide bonds. The summed E-state index contributed by atoms with van der Waals surface area (Å²) < 4.78 is 42.6. The maximum Gasteiger partial charge on any atom is 0.333 e. The molecule has 20 heteroatoms. The fraction of sp³-hybridized carbons (Fsp3) is 0.210. The van der Waals surface area contributed by atoms with Crippen LogP contribution in [0.4, 0.5) is 68.2 Å². The number of rotatable bonds is 49. The second-order valence-electron chi connectivity index (χ2n) is 35.4. The van der Waals surface area contributed by atoms with Crippen molar-refractivity contribution in [1.29, 1.82) is 0 Å². The molecule has 0 atom stereocenters. The maximum absolute atomic E-state index is 11.9. The minimum Gasteiger partial charge on any atom is -0.462 e. The molecule has 0 saturated heterocycles. The molecule has 0 aliphatic rings. The average Bonchev–Trinajstić information content (AvgIpc) is 0.814. The largest absolute Gasteiger partial charge is 0.462 e. The zero-order valence-corrected chi connectivity index (χ0v) is 83.6. The highest BCUT2D eigenvalue weighted by Gasteiger charge is 2.22. The van der Waals surface area contributed by atoms with E-state index in [-0.39, 0.29) is 52.9 Å². The monoisotopic (exact) mass is 1930 g/mol. The molecule has 738 valence electrons. The van der Waals surface area contributed by atoms with Gasteiger partial charge in [0.05, 0.1) is 52.9 Å². The number of ether oxygens (including phenoxy) is 8. The van der Waals surface area contributed by atoms with Crippen molar-refractivity contribution in [3.63, 3.8) is 0 Å². The average molecular weight is 1930 g/mol. The second kappa shape index (κ2) is 54.2. The molecule has 0 N–H and O–H groups in total. The number of esters is 8. The summed E-state index contributed by atoms with van der Waals surface area (Å²) in [5.41, 5.74) is 27.3. The van der Waals surface area contributed by atoms with Crippen LogP contribution in [0.15, 0.2) is 388 Å². The Labute approximate surface area is 846 Å². The molecule has 0 radical (unpaired) electrons. The molecule has 0 bridgehead atoms. The van der Waals surface area contributed by atoms with E-state index in [0.29, 0.717) is 96.0 Å². The molecule has 20 nitrogen and oxygen atoms in total. The van der Waals surface area contributed by atoms with Crippen LogP contribution in [-0.4, -0.2) is 101 Å². The number of benzene rings is 12. The van der Waals surface area contributed by atoms with Gasteiger partial charge in [0.1, 0.15) is 0 Å². The van der Waals surface area contributed by atoms with Gasteiger partial charge in [0.25, 0.3) is 0 Å². The van der Waals surface area contributed by atoms with E-state index >= 15 is 0 Å². The van der Waals surface area contributed by atoms with Crippen molar-refractivity contribution in [3.05, 3.63) is 455 Å². The first kappa shape index (κ1) is 108. The van der Waals surface area contributed by atoms with E-state index in [1.165, 1.54) is 11.1 Å². The Kier molecular flexibility index (Phi) is 40.5. The van der Waals surface area contributed by atoms with E-state index in [0.717, 1.165) is 137 Å². The van der Waals surface area contributed by atoms with Gasteiger partial charge >= 0.3 is 47.8 Å². The standard InChI is InChI=1S/C62H64N2O8.C62H62N2O8/c2*1-43(2)59(65)69-39-35-49-15-27-55(28-16-49)63(56-29-17-50(18-30-56)36-40-70-60(66)44(3)4)53-23-11-47(12-24-53)9-10-48-13-25-54(26-14-48)64(57-31-19-51(20-32-57)37-41-71-61(67)45(5)6)58-33-21-52(22-34-58)38-42-72-62(68)46(7)8/h11-34H,1,3,5,7,9-10,35-42H2,2,4,6,8H3;9-34H,1,3,5,7,35-42H2,2,4,6,8H3/b;10-9+. The third-order valence-electron chi connectivity index (χ3n) is 23.2. The fourth-order valence-electron chi connectivity index (χ4n) is 14.9. The Balaban J connectivity index is 0.000000274. The van der Waals surface area contributed by atoms with Gasteiger partial charge in [-0.25, -0.2) is 38.4 Å². The molecule has 12 aromatic rings. The van der Waals surface area contributed by atoms with Gasteiger partial charge in [-0.2, -0.15) is 0 Å². The normalized spacial score (nSPS) is 10.7. The third kappa shape index (κ3) is 33.2. The van der Waals surface area contributed by atoms with E-state index in [1.807, 2.05) is 48.5 Å². The molecule has 144 heavy (non-hydrogen) atoms. The van der Waals surface area contributed by atoms with Crippen molar-refractivity contribution in [2.45, 2.75) is 120 Å². The van der Waals surface area contributed by atoms with Crippen LogP contribution in [0.3, 0.4) is 0 Å². The quantitative estimate of drug-likeness (QED) is 0.0150. The Bertz CT molecular complexity index is 5840. The van der Waals surface area contributed by atoms with E-state index in [9.17, 15) is 38.4 Å². The van der Waals surface area contributed by atoms with Crippen LogP contribution in [0.2, 0.25) is 0 Å². The summed E-state index contributed by atoms with van der Waals surface area (Å²) >= 11 is 0. The number of hydrogen-bond donors (Lipinski definition) is 0. The molecule has 0 unspecified atom stereocenters. The smallest absolute Gasteiger partial charge is 0.333 e. The third-order valence-corrected chi connectivity index (χ3v) is 23.2. The lowest BCUT2D eigenvalue weighted by Crippen LogP contribution is -2.11. The number of nitrogens with zero attached hydrogens (tertiary/aromatic N) is 4. The Morgan fingerprint density at radius 1 is 0.167 bits per heavy atom. The summed E-state index contributed by atoms with van der Waals surface area (Å²) in [4.78, 5) is 104. The predicted molar refractivity (Wildman–Crippen MR) is 577 cm³/mol. The van der Waals surface area contributed by atoms with E-state index in [4.69, 9.17) is 37.9 Å². The van der Waals surface area contributed by atoms with Crippen molar-refractivity contribution in [2.75, 3.05) is 72.5 Å². The fourth-order valence-corrected chi connectivity index (χ4v) is 14.9. The molecule has 0 heterocycles. The van der Waals surface area contributed by atoms with E-state index < -0.39 is 47.8 Å². The summed E-state index contributed by atoms with van der Waals surface area (Å²) in [7, 11) is 0. The van der Waals surface area contributed by atoms with Gasteiger partial charge in [-0.1, -0.05) is 210 Å². The lowest BCUT2D eigenvalue weighted by molar-refractivity contribution is -0.139. The molecule has 0 saturated carbocycles. The lowest BCUT2D eigenvalue weighted by atomic mass is 10.0. The van der Waals surface area contributed by atoms with Crippen LogP contribution in [0.25, 0.3) is 12.2 Å². The van der Waals surface area contributed by atoms with E-state index in [2.05, 4.69) is 327 Å². The Morgan fingerprint density at radius 2 is 0.264 bits per heavy atom. The molecular formula is C124H126N4O16. The number of aryl methyl sites for hydroxylation is 2. The lowest BCUT2D eigenvalue weighted by Gasteiger charge is -2.26. The molecule has 0 aliphatic carbocycles. The Morgan fingerprint density at radius 3 is 0.368 bits per heavy atom. The van der Waals surface area contributed by atoms with Crippen molar-refractivity contribution in [3.8, 4) is 0 Å². The zero-order valence-electron chi connectivity index (χ0n) is 83.6. The van der Waals surface area contributed by atoms with Gasteiger partial charge in [-0.15, -0.1) is 0 Å². The van der Waals surface area contributed by atoms with Crippen LogP contribution in [0.5, 0.6) is 0 Å². The van der Waals surface area contributed by atoms with Gasteiger partial charge < -0.3 is 57.5 Å². The van der Waals surface area contributed by atoms with Crippen LogP contribution >= 0.6 is 0 Å². The minimum atomic E-state index is -0.398. The van der Waals surface area contributed by atoms with Crippen molar-refractivity contribution in [2.24, 2.45) is 0 Å². The molecule has 0 spiro atoms. The van der Waals surface area contributed by atoms with Crippen molar-refractivity contribution < 1.29 is 76.3 Å². The number of hydrogen-bond acceptors (Lipinski definition) is 20. The molecular weight excluding hydrogens is 1800 g/mol. The molecule has 0 fully saturated rings. The van der Waals surface area contributed by atoms with E-state index in [1.54, 1.807) is 55.4 Å². The molecule has 12 aromatic carbocycles. The summed E-state index contributed by atoms with van der Waals surface area (Å²) in [6, 6.07) is 99.8. The van der Waals surface area contributed by atoms with Gasteiger partial charge in [-0.05, 0) is 281 Å². The first-order valence-corrected chi connectivity index (χ1v) is 47.9. The van der Waals surface area contributed by atoms with Gasteiger partial charge in [0, 0.05) is 164 Å².